The number of hydrogen-bond donors (Lipinski definition) is 2. The van der Waals surface area contributed by atoms with Crippen LogP contribution in [0.5, 0.6) is 0 Å². The maximum Gasteiger partial charge on any atom is 0.324 e. The molecule has 0 bridgehead atoms. The van der Waals surface area contributed by atoms with E-state index in [9.17, 15) is 9.90 Å². The molecule has 19 heavy (non-hydrogen) atoms. The van der Waals surface area contributed by atoms with Gasteiger partial charge in [-0.2, -0.15) is 0 Å². The molecule has 1 aliphatic carbocycles. The van der Waals surface area contributed by atoms with E-state index in [1.165, 1.54) is 25.7 Å². The van der Waals surface area contributed by atoms with Crippen LogP contribution < -0.4 is 5.32 Å². The molecule has 2 fully saturated rings. The molecular formula is C15H28N2O2. The van der Waals surface area contributed by atoms with E-state index in [1.807, 2.05) is 6.92 Å². The van der Waals surface area contributed by atoms with Crippen molar-refractivity contribution in [3.05, 3.63) is 0 Å². The lowest BCUT2D eigenvalue weighted by Crippen LogP contribution is -2.57. The Morgan fingerprint density at radius 3 is 2.63 bits per heavy atom. The van der Waals surface area contributed by atoms with Crippen LogP contribution >= 0.6 is 0 Å². The average Bonchev–Trinajstić information content (AvgIpc) is 3.16. The fraction of sp³-hybridized carbons (Fsp3) is 0.933. The predicted octanol–water partition coefficient (Wildman–Crippen LogP) is 2.09. The smallest absolute Gasteiger partial charge is 0.324 e. The van der Waals surface area contributed by atoms with Crippen molar-refractivity contribution in [2.24, 2.45) is 5.92 Å². The lowest BCUT2D eigenvalue weighted by molar-refractivity contribution is -0.145. The van der Waals surface area contributed by atoms with E-state index >= 15 is 0 Å². The Morgan fingerprint density at radius 2 is 2.05 bits per heavy atom. The van der Waals surface area contributed by atoms with Gasteiger partial charge in [0, 0.05) is 12.6 Å². The molecule has 1 saturated heterocycles. The highest BCUT2D eigenvalue weighted by Crippen LogP contribution is 2.25. The van der Waals surface area contributed by atoms with E-state index in [0.29, 0.717) is 12.6 Å². The van der Waals surface area contributed by atoms with Crippen LogP contribution in [0.4, 0.5) is 0 Å². The maximum atomic E-state index is 11.6. The Kier molecular flexibility index (Phi) is 4.85. The van der Waals surface area contributed by atoms with Crippen LogP contribution in [0.1, 0.15) is 52.4 Å². The van der Waals surface area contributed by atoms with Crippen molar-refractivity contribution in [2.45, 2.75) is 64.0 Å². The first-order valence-electron chi connectivity index (χ1n) is 7.77. The van der Waals surface area contributed by atoms with Gasteiger partial charge in [0.1, 0.15) is 5.54 Å². The zero-order chi connectivity index (χ0) is 13.9. The van der Waals surface area contributed by atoms with Gasteiger partial charge in [-0.05, 0) is 58.0 Å². The lowest BCUT2D eigenvalue weighted by atomic mass is 9.98. The monoisotopic (exact) mass is 268 g/mol. The van der Waals surface area contributed by atoms with Crippen LogP contribution in [-0.2, 0) is 4.79 Å². The van der Waals surface area contributed by atoms with Crippen molar-refractivity contribution in [2.75, 3.05) is 19.6 Å². The molecule has 110 valence electrons. The molecule has 1 aliphatic heterocycles. The van der Waals surface area contributed by atoms with Crippen molar-refractivity contribution in [3.8, 4) is 0 Å². The highest BCUT2D eigenvalue weighted by atomic mass is 16.4. The molecule has 2 N–H and O–H groups in total. The van der Waals surface area contributed by atoms with E-state index < -0.39 is 11.5 Å². The molecule has 0 amide bonds. The Labute approximate surface area is 116 Å². The van der Waals surface area contributed by atoms with Crippen LogP contribution in [-0.4, -0.2) is 47.2 Å². The first-order chi connectivity index (χ1) is 9.03. The number of carboxylic acid groups (broad SMARTS) is 1. The third-order valence-electron chi connectivity index (χ3n) is 4.63. The summed E-state index contributed by atoms with van der Waals surface area (Å²) in [6.45, 7) is 6.83. The van der Waals surface area contributed by atoms with Crippen molar-refractivity contribution in [3.63, 3.8) is 0 Å². The maximum absolute atomic E-state index is 11.6. The first kappa shape index (κ1) is 14.8. The number of aliphatic carboxylic acids is 1. The minimum Gasteiger partial charge on any atom is -0.480 e. The van der Waals surface area contributed by atoms with Crippen LogP contribution in [0, 0.1) is 5.92 Å². The van der Waals surface area contributed by atoms with Crippen LogP contribution in [0.25, 0.3) is 0 Å². The highest BCUT2D eigenvalue weighted by Gasteiger charge is 2.40. The third kappa shape index (κ3) is 4.18. The van der Waals surface area contributed by atoms with Crippen LogP contribution in [0.2, 0.25) is 0 Å². The summed E-state index contributed by atoms with van der Waals surface area (Å²) in [4.78, 5) is 13.9. The van der Waals surface area contributed by atoms with Crippen molar-refractivity contribution in [1.29, 1.82) is 0 Å². The minimum absolute atomic E-state index is 0.427. The number of rotatable bonds is 6. The van der Waals surface area contributed by atoms with Gasteiger partial charge < -0.3 is 10.0 Å². The molecule has 2 aliphatic rings. The molecular weight excluding hydrogens is 240 g/mol. The number of nitrogens with zero attached hydrogens (tertiary/aromatic N) is 1. The average molecular weight is 268 g/mol. The van der Waals surface area contributed by atoms with Gasteiger partial charge in [0.15, 0.2) is 0 Å². The molecule has 0 aromatic rings. The number of carboxylic acids is 1. The summed E-state index contributed by atoms with van der Waals surface area (Å²) in [5, 5.41) is 12.8. The van der Waals surface area contributed by atoms with Gasteiger partial charge in [-0.25, -0.2) is 0 Å². The number of nitrogens with one attached hydrogen (secondary N) is 1. The van der Waals surface area contributed by atoms with E-state index in [-0.39, 0.29) is 0 Å². The first-order valence-corrected chi connectivity index (χ1v) is 7.77. The Bertz CT molecular complexity index is 317. The zero-order valence-electron chi connectivity index (χ0n) is 12.3. The standard InChI is InChI=1S/C15H28N2O2/c1-3-12-5-4-9-17(10-8-12)11-15(2,14(18)19)16-13-6-7-13/h12-13,16H,3-11H2,1-2H3,(H,18,19). The molecule has 4 nitrogen and oxygen atoms in total. The SMILES string of the molecule is CCC1CCCN(CC(C)(NC2CC2)C(=O)O)CC1. The topological polar surface area (TPSA) is 52.6 Å². The molecule has 1 heterocycles. The number of hydrogen-bond acceptors (Lipinski definition) is 3. The molecule has 1 saturated carbocycles. The van der Waals surface area contributed by atoms with Gasteiger partial charge in [0.2, 0.25) is 0 Å². The van der Waals surface area contributed by atoms with Crippen molar-refractivity contribution in [1.82, 2.24) is 10.2 Å². The predicted molar refractivity (Wildman–Crippen MR) is 76.3 cm³/mol. The van der Waals surface area contributed by atoms with E-state index in [4.69, 9.17) is 0 Å². The summed E-state index contributed by atoms with van der Waals surface area (Å²) >= 11 is 0. The molecule has 0 radical (unpaired) electrons. The summed E-state index contributed by atoms with van der Waals surface area (Å²) in [6, 6.07) is 0.427. The zero-order valence-corrected chi connectivity index (χ0v) is 12.3. The second-order valence-electron chi connectivity index (χ2n) is 6.54. The Balaban J connectivity index is 1.90. The molecule has 2 atom stereocenters. The number of likely N-dealkylation sites (tertiary alicyclic amines) is 1. The molecule has 0 aromatic carbocycles. The summed E-state index contributed by atoms with van der Waals surface area (Å²) < 4.78 is 0. The number of carbonyl (C=O) groups is 1. The normalized spacial score (nSPS) is 28.6. The van der Waals surface area contributed by atoms with Crippen LogP contribution in [0.15, 0.2) is 0 Å². The van der Waals surface area contributed by atoms with Gasteiger partial charge in [0.25, 0.3) is 0 Å². The van der Waals surface area contributed by atoms with Crippen molar-refractivity contribution >= 4 is 5.97 Å². The Hall–Kier alpha value is -0.610. The van der Waals surface area contributed by atoms with E-state index in [0.717, 1.165) is 31.8 Å². The van der Waals surface area contributed by atoms with Gasteiger partial charge in [0.05, 0.1) is 0 Å². The van der Waals surface area contributed by atoms with Crippen molar-refractivity contribution < 1.29 is 9.90 Å². The molecule has 2 rings (SSSR count). The second-order valence-corrected chi connectivity index (χ2v) is 6.54. The lowest BCUT2D eigenvalue weighted by Gasteiger charge is -2.32. The molecule has 4 heteroatoms. The van der Waals surface area contributed by atoms with Gasteiger partial charge >= 0.3 is 5.97 Å². The largest absolute Gasteiger partial charge is 0.480 e. The Morgan fingerprint density at radius 1 is 1.32 bits per heavy atom. The van der Waals surface area contributed by atoms with Gasteiger partial charge in [-0.15, -0.1) is 0 Å². The minimum atomic E-state index is -0.785. The molecule has 0 aromatic heterocycles. The fourth-order valence-corrected chi connectivity index (χ4v) is 3.09. The van der Waals surface area contributed by atoms with Gasteiger partial charge in [-0.3, -0.25) is 10.1 Å². The van der Waals surface area contributed by atoms with Crippen LogP contribution in [0.3, 0.4) is 0 Å². The summed E-state index contributed by atoms with van der Waals surface area (Å²) in [5.41, 5.74) is -0.785. The summed E-state index contributed by atoms with van der Waals surface area (Å²) in [6.07, 6.45) is 7.23. The quantitative estimate of drug-likeness (QED) is 0.774. The third-order valence-corrected chi connectivity index (χ3v) is 4.63. The second kappa shape index (κ2) is 6.23. The summed E-state index contributed by atoms with van der Waals surface area (Å²) in [5.74, 6) is 0.119. The van der Waals surface area contributed by atoms with Gasteiger partial charge in [-0.1, -0.05) is 13.3 Å². The van der Waals surface area contributed by atoms with E-state index in [2.05, 4.69) is 17.1 Å². The van der Waals surface area contributed by atoms with E-state index in [1.54, 1.807) is 0 Å². The molecule has 2 unspecified atom stereocenters. The highest BCUT2D eigenvalue weighted by molar-refractivity contribution is 5.78. The summed E-state index contributed by atoms with van der Waals surface area (Å²) in [7, 11) is 0. The molecule has 0 spiro atoms. The fourth-order valence-electron chi connectivity index (χ4n) is 3.09.